The molecular weight excluding hydrogens is 236 g/mol. The molecule has 1 aliphatic rings. The van der Waals surface area contributed by atoms with E-state index in [-0.39, 0.29) is 12.1 Å². The average Bonchev–Trinajstić information content (AvgIpc) is 2.41. The third kappa shape index (κ3) is 2.56. The van der Waals surface area contributed by atoms with Crippen molar-refractivity contribution in [1.82, 2.24) is 4.98 Å². The Morgan fingerprint density at radius 3 is 2.84 bits per heavy atom. The summed E-state index contributed by atoms with van der Waals surface area (Å²) in [5, 5.41) is 14.7. The minimum Gasteiger partial charge on any atom is -0.391 e. The van der Waals surface area contributed by atoms with Gasteiger partial charge in [0.2, 0.25) is 0 Å². The van der Waals surface area contributed by atoms with Gasteiger partial charge in [-0.15, -0.1) is 0 Å². The topological polar surface area (TPSA) is 45.1 Å². The fourth-order valence-electron chi connectivity index (χ4n) is 2.86. The molecule has 1 aliphatic carbocycles. The van der Waals surface area contributed by atoms with Crippen LogP contribution in [0.4, 0.5) is 5.69 Å². The summed E-state index contributed by atoms with van der Waals surface area (Å²) in [7, 11) is 0. The number of nitrogens with zero attached hydrogens (tertiary/aromatic N) is 1. The third-order valence-electron chi connectivity index (χ3n) is 3.94. The molecule has 0 saturated heterocycles. The number of benzene rings is 1. The molecule has 1 aromatic heterocycles. The van der Waals surface area contributed by atoms with Crippen molar-refractivity contribution in [3.05, 3.63) is 36.0 Å². The molecule has 3 nitrogen and oxygen atoms in total. The zero-order valence-electron chi connectivity index (χ0n) is 11.3. The number of anilines is 1. The Balaban J connectivity index is 1.92. The van der Waals surface area contributed by atoms with Crippen molar-refractivity contribution >= 4 is 16.6 Å². The van der Waals surface area contributed by atoms with E-state index in [1.54, 1.807) is 0 Å². The van der Waals surface area contributed by atoms with Crippen molar-refractivity contribution in [3.63, 3.8) is 0 Å². The van der Waals surface area contributed by atoms with Gasteiger partial charge in [-0.1, -0.05) is 18.9 Å². The van der Waals surface area contributed by atoms with E-state index in [0.29, 0.717) is 0 Å². The second-order valence-electron chi connectivity index (χ2n) is 5.43. The first kappa shape index (κ1) is 12.4. The molecule has 1 saturated carbocycles. The highest BCUT2D eigenvalue weighted by atomic mass is 16.3. The maximum absolute atomic E-state index is 10.1. The summed E-state index contributed by atoms with van der Waals surface area (Å²) in [5.74, 6) is 0. The molecule has 0 bridgehead atoms. The average molecular weight is 256 g/mol. The number of nitrogens with one attached hydrogen (secondary N) is 1. The molecule has 0 amide bonds. The second kappa shape index (κ2) is 5.17. The number of aliphatic hydroxyl groups excluding tert-OH is 1. The molecule has 0 radical (unpaired) electrons. The summed E-state index contributed by atoms with van der Waals surface area (Å²) in [4.78, 5) is 4.55. The molecule has 3 rings (SSSR count). The van der Waals surface area contributed by atoms with Crippen LogP contribution in [0.3, 0.4) is 0 Å². The van der Waals surface area contributed by atoms with Gasteiger partial charge in [-0.25, -0.2) is 0 Å². The van der Waals surface area contributed by atoms with Gasteiger partial charge in [0.15, 0.2) is 0 Å². The van der Waals surface area contributed by atoms with Gasteiger partial charge in [-0.2, -0.15) is 0 Å². The molecule has 0 unspecified atom stereocenters. The molecule has 0 spiro atoms. The second-order valence-corrected chi connectivity index (χ2v) is 5.43. The zero-order valence-corrected chi connectivity index (χ0v) is 11.3. The van der Waals surface area contributed by atoms with E-state index in [2.05, 4.69) is 22.4 Å². The van der Waals surface area contributed by atoms with Gasteiger partial charge in [0.1, 0.15) is 0 Å². The Bertz CT molecular complexity index is 582. The Morgan fingerprint density at radius 2 is 2.00 bits per heavy atom. The lowest BCUT2D eigenvalue weighted by Crippen LogP contribution is -2.36. The first-order valence-corrected chi connectivity index (χ1v) is 7.05. The van der Waals surface area contributed by atoms with Gasteiger partial charge >= 0.3 is 0 Å². The Labute approximate surface area is 113 Å². The normalized spacial score (nSPS) is 23.5. The van der Waals surface area contributed by atoms with Crippen molar-refractivity contribution in [2.24, 2.45) is 0 Å². The number of hydrogen-bond donors (Lipinski definition) is 2. The minimum absolute atomic E-state index is 0.167. The summed E-state index contributed by atoms with van der Waals surface area (Å²) in [5.41, 5.74) is 3.12. The molecule has 2 atom stereocenters. The van der Waals surface area contributed by atoms with Gasteiger partial charge < -0.3 is 10.4 Å². The summed E-state index contributed by atoms with van der Waals surface area (Å²) in [6.45, 7) is 2.00. The summed E-state index contributed by atoms with van der Waals surface area (Å²) >= 11 is 0. The minimum atomic E-state index is -0.234. The van der Waals surface area contributed by atoms with Gasteiger partial charge in [0.25, 0.3) is 0 Å². The highest BCUT2D eigenvalue weighted by molar-refractivity contribution is 5.91. The zero-order chi connectivity index (χ0) is 13.2. The first-order chi connectivity index (χ1) is 9.24. The molecule has 0 aliphatic heterocycles. The lowest BCUT2D eigenvalue weighted by Gasteiger charge is -2.29. The van der Waals surface area contributed by atoms with Crippen LogP contribution in [-0.2, 0) is 0 Å². The lowest BCUT2D eigenvalue weighted by molar-refractivity contribution is 0.116. The molecule has 2 aromatic rings. The smallest absolute Gasteiger partial charge is 0.0741 e. The number of aromatic nitrogens is 1. The van der Waals surface area contributed by atoms with Crippen molar-refractivity contribution < 1.29 is 5.11 Å². The fraction of sp³-hybridized carbons (Fsp3) is 0.438. The molecule has 1 fully saturated rings. The first-order valence-electron chi connectivity index (χ1n) is 7.05. The Hall–Kier alpha value is -1.61. The Kier molecular flexibility index (Phi) is 3.38. The number of rotatable bonds is 2. The number of pyridine rings is 1. The lowest BCUT2D eigenvalue weighted by atomic mass is 9.92. The summed E-state index contributed by atoms with van der Waals surface area (Å²) < 4.78 is 0. The maximum atomic E-state index is 10.1. The van der Waals surface area contributed by atoms with E-state index >= 15 is 0 Å². The van der Waals surface area contributed by atoms with Gasteiger partial charge in [0, 0.05) is 16.8 Å². The van der Waals surface area contributed by atoms with Gasteiger partial charge in [0.05, 0.1) is 17.7 Å². The SMILES string of the molecule is Cc1ccc2c(N[C@H]3CCCC[C@@H]3O)cccc2n1. The van der Waals surface area contributed by atoms with E-state index in [9.17, 15) is 5.11 Å². The molecule has 3 heteroatoms. The number of hydrogen-bond acceptors (Lipinski definition) is 3. The largest absolute Gasteiger partial charge is 0.391 e. The highest BCUT2D eigenvalue weighted by Gasteiger charge is 2.23. The molecule has 19 heavy (non-hydrogen) atoms. The molecule has 1 aromatic carbocycles. The standard InChI is InChI=1S/C16H20N2O/c1-11-9-10-12-13(17-11)6-4-7-14(12)18-15-5-2-3-8-16(15)19/h4,6-7,9-10,15-16,18-19H,2-3,5,8H2,1H3/t15-,16-/m0/s1. The predicted octanol–water partition coefficient (Wildman–Crippen LogP) is 3.26. The van der Waals surface area contributed by atoms with Crippen molar-refractivity contribution in [3.8, 4) is 0 Å². The maximum Gasteiger partial charge on any atom is 0.0741 e. The third-order valence-corrected chi connectivity index (χ3v) is 3.94. The van der Waals surface area contributed by atoms with Crippen molar-refractivity contribution in [1.29, 1.82) is 0 Å². The summed E-state index contributed by atoms with van der Waals surface area (Å²) in [6, 6.07) is 10.4. The molecular formula is C16H20N2O. The van der Waals surface area contributed by atoms with Crippen LogP contribution >= 0.6 is 0 Å². The van der Waals surface area contributed by atoms with Crippen molar-refractivity contribution in [2.75, 3.05) is 5.32 Å². The molecule has 100 valence electrons. The van der Waals surface area contributed by atoms with E-state index in [0.717, 1.165) is 41.5 Å². The number of fused-ring (bicyclic) bond motifs is 1. The van der Waals surface area contributed by atoms with E-state index in [4.69, 9.17) is 0 Å². The van der Waals surface area contributed by atoms with Crippen LogP contribution in [0.25, 0.3) is 10.9 Å². The fourth-order valence-corrected chi connectivity index (χ4v) is 2.86. The highest BCUT2D eigenvalue weighted by Crippen LogP contribution is 2.27. The van der Waals surface area contributed by atoms with Crippen LogP contribution < -0.4 is 5.32 Å². The van der Waals surface area contributed by atoms with Crippen molar-refractivity contribution in [2.45, 2.75) is 44.8 Å². The van der Waals surface area contributed by atoms with Gasteiger partial charge in [-0.05, 0) is 44.0 Å². The van der Waals surface area contributed by atoms with E-state index in [1.165, 1.54) is 6.42 Å². The summed E-state index contributed by atoms with van der Waals surface area (Å²) in [6.07, 6.45) is 4.03. The monoisotopic (exact) mass is 256 g/mol. The van der Waals surface area contributed by atoms with Crippen LogP contribution in [0, 0.1) is 6.92 Å². The van der Waals surface area contributed by atoms with Gasteiger partial charge in [-0.3, -0.25) is 4.98 Å². The molecule has 1 heterocycles. The Morgan fingerprint density at radius 1 is 1.16 bits per heavy atom. The van der Waals surface area contributed by atoms with E-state index in [1.807, 2.05) is 25.1 Å². The van der Waals surface area contributed by atoms with Crippen LogP contribution in [0.15, 0.2) is 30.3 Å². The molecule has 2 N–H and O–H groups in total. The quantitative estimate of drug-likeness (QED) is 0.867. The van der Waals surface area contributed by atoms with Crippen LogP contribution in [0.2, 0.25) is 0 Å². The van der Waals surface area contributed by atoms with E-state index < -0.39 is 0 Å². The van der Waals surface area contributed by atoms with Crippen LogP contribution in [-0.4, -0.2) is 22.2 Å². The van der Waals surface area contributed by atoms with Crippen LogP contribution in [0.1, 0.15) is 31.4 Å². The number of aryl methyl sites for hydroxylation is 1. The predicted molar refractivity (Wildman–Crippen MR) is 78.4 cm³/mol. The number of aliphatic hydroxyl groups is 1. The van der Waals surface area contributed by atoms with Crippen LogP contribution in [0.5, 0.6) is 0 Å².